The Hall–Kier alpha value is -1.65. The first kappa shape index (κ1) is 22.2. The average molecular weight is 442 g/mol. The number of allylic oxidation sites excluding steroid dienone is 1. The fourth-order valence-corrected chi connectivity index (χ4v) is 9.17. The third-order valence-corrected chi connectivity index (χ3v) is 10.5. The van der Waals surface area contributed by atoms with Gasteiger partial charge in [0.05, 0.1) is 11.1 Å². The van der Waals surface area contributed by atoms with Crippen molar-refractivity contribution in [3.63, 3.8) is 0 Å². The Bertz CT molecular complexity index is 877. The van der Waals surface area contributed by atoms with Gasteiger partial charge in [-0.2, -0.15) is 0 Å². The van der Waals surface area contributed by atoms with Crippen molar-refractivity contribution < 1.29 is 19.5 Å². The van der Waals surface area contributed by atoms with Gasteiger partial charge in [-0.25, -0.2) is 0 Å². The van der Waals surface area contributed by atoms with Gasteiger partial charge in [0.25, 0.3) is 0 Å². The number of aldehydes is 1. The van der Waals surface area contributed by atoms with E-state index >= 15 is 0 Å². The van der Waals surface area contributed by atoms with Crippen molar-refractivity contribution in [2.45, 2.75) is 79.1 Å². The molecular weight excluding hydrogens is 402 g/mol. The van der Waals surface area contributed by atoms with Crippen molar-refractivity contribution in [1.82, 2.24) is 0 Å². The number of hydrogen-bond acceptors (Lipinski definition) is 4. The summed E-state index contributed by atoms with van der Waals surface area (Å²) in [5, 5.41) is 15.6. The SMILES string of the molecule is CC(C)C1=CC2CC3(C=O)C4CCC(C)[C@H]4CC2(CO/N=C2\CCCCC2C)C13C(=O)O. The summed E-state index contributed by atoms with van der Waals surface area (Å²) in [6, 6.07) is 0. The lowest BCUT2D eigenvalue weighted by molar-refractivity contribution is -0.186. The first-order valence-corrected chi connectivity index (χ1v) is 12.9. The molecule has 0 heterocycles. The smallest absolute Gasteiger partial charge is 0.315 e. The van der Waals surface area contributed by atoms with Crippen LogP contribution in [0, 0.1) is 51.8 Å². The molecule has 0 amide bonds. The average Bonchev–Trinajstić information content (AvgIpc) is 3.32. The molecule has 0 aromatic carbocycles. The van der Waals surface area contributed by atoms with Crippen molar-refractivity contribution in [3.05, 3.63) is 11.6 Å². The van der Waals surface area contributed by atoms with Crippen LogP contribution in [0.1, 0.15) is 79.1 Å². The summed E-state index contributed by atoms with van der Waals surface area (Å²) in [5.74, 6) is 0.857. The topological polar surface area (TPSA) is 76.0 Å². The maximum absolute atomic E-state index is 13.4. The van der Waals surface area contributed by atoms with E-state index in [2.05, 4.69) is 38.9 Å². The molecule has 5 rings (SSSR count). The lowest BCUT2D eigenvalue weighted by Crippen LogP contribution is -2.63. The molecule has 4 fully saturated rings. The molecule has 0 spiro atoms. The summed E-state index contributed by atoms with van der Waals surface area (Å²) in [5.41, 5.74) is -0.483. The number of carboxylic acid groups (broad SMARTS) is 1. The van der Waals surface area contributed by atoms with Gasteiger partial charge in [-0.1, -0.05) is 57.3 Å². The van der Waals surface area contributed by atoms with Gasteiger partial charge in [0.2, 0.25) is 0 Å². The van der Waals surface area contributed by atoms with E-state index in [1.165, 1.54) is 6.42 Å². The van der Waals surface area contributed by atoms with E-state index in [4.69, 9.17) is 4.84 Å². The van der Waals surface area contributed by atoms with E-state index in [0.29, 0.717) is 30.8 Å². The summed E-state index contributed by atoms with van der Waals surface area (Å²) in [6.07, 6.45) is 11.3. The first-order chi connectivity index (χ1) is 15.2. The minimum atomic E-state index is -1.16. The third-order valence-electron chi connectivity index (χ3n) is 10.5. The Labute approximate surface area is 192 Å². The van der Waals surface area contributed by atoms with Crippen LogP contribution in [0.4, 0.5) is 0 Å². The fourth-order valence-electron chi connectivity index (χ4n) is 9.17. The van der Waals surface area contributed by atoms with E-state index in [1.807, 2.05) is 0 Å². The Balaban J connectivity index is 1.61. The van der Waals surface area contributed by atoms with Gasteiger partial charge < -0.3 is 14.7 Å². The van der Waals surface area contributed by atoms with Gasteiger partial charge in [0, 0.05) is 5.41 Å². The number of rotatable bonds is 6. The number of hydrogen-bond donors (Lipinski definition) is 1. The molecule has 176 valence electrons. The van der Waals surface area contributed by atoms with E-state index < -0.39 is 22.2 Å². The van der Waals surface area contributed by atoms with Gasteiger partial charge >= 0.3 is 5.97 Å². The Morgan fingerprint density at radius 1 is 1.25 bits per heavy atom. The second-order valence-electron chi connectivity index (χ2n) is 12.0. The molecule has 0 aromatic heterocycles. The number of carbonyl (C=O) groups excluding carboxylic acids is 1. The minimum absolute atomic E-state index is 0.0722. The number of nitrogens with zero attached hydrogens (tertiary/aromatic N) is 1. The quantitative estimate of drug-likeness (QED) is 0.336. The molecule has 8 atom stereocenters. The predicted molar refractivity (Wildman–Crippen MR) is 123 cm³/mol. The van der Waals surface area contributed by atoms with Crippen LogP contribution in [0.3, 0.4) is 0 Å². The lowest BCUT2D eigenvalue weighted by Gasteiger charge is -2.58. The van der Waals surface area contributed by atoms with Gasteiger partial charge in [0.1, 0.15) is 18.3 Å². The van der Waals surface area contributed by atoms with E-state index in [0.717, 1.165) is 56.1 Å². The van der Waals surface area contributed by atoms with E-state index in [-0.39, 0.29) is 17.8 Å². The molecule has 7 unspecified atom stereocenters. The molecule has 5 aliphatic rings. The van der Waals surface area contributed by atoms with Crippen molar-refractivity contribution in [1.29, 1.82) is 0 Å². The Kier molecular flexibility index (Phi) is 5.14. The van der Waals surface area contributed by atoms with Gasteiger partial charge in [0.15, 0.2) is 0 Å². The zero-order valence-electron chi connectivity index (χ0n) is 20.1. The molecule has 0 radical (unpaired) electrons. The molecule has 5 nitrogen and oxygen atoms in total. The van der Waals surface area contributed by atoms with Crippen LogP contribution in [0.5, 0.6) is 0 Å². The highest BCUT2D eigenvalue weighted by atomic mass is 16.6. The van der Waals surface area contributed by atoms with Gasteiger partial charge in [-0.3, -0.25) is 4.79 Å². The van der Waals surface area contributed by atoms with Gasteiger partial charge in [-0.15, -0.1) is 0 Å². The summed E-state index contributed by atoms with van der Waals surface area (Å²) in [7, 11) is 0. The van der Waals surface area contributed by atoms with Crippen LogP contribution in [0.15, 0.2) is 16.8 Å². The van der Waals surface area contributed by atoms with E-state index in [9.17, 15) is 14.7 Å². The van der Waals surface area contributed by atoms with Gasteiger partial charge in [-0.05, 0) is 74.0 Å². The second kappa shape index (κ2) is 7.43. The highest BCUT2D eigenvalue weighted by molar-refractivity contribution is 5.90. The van der Waals surface area contributed by atoms with Crippen LogP contribution in [-0.2, 0) is 14.4 Å². The van der Waals surface area contributed by atoms with Crippen LogP contribution in [0.25, 0.3) is 0 Å². The minimum Gasteiger partial charge on any atom is -0.481 e. The van der Waals surface area contributed by atoms with Crippen molar-refractivity contribution in [3.8, 4) is 0 Å². The van der Waals surface area contributed by atoms with Crippen LogP contribution < -0.4 is 0 Å². The highest BCUT2D eigenvalue weighted by Gasteiger charge is 2.84. The van der Waals surface area contributed by atoms with Crippen molar-refractivity contribution in [2.24, 2.45) is 56.9 Å². The van der Waals surface area contributed by atoms with Crippen LogP contribution in [-0.4, -0.2) is 29.7 Å². The highest BCUT2D eigenvalue weighted by Crippen LogP contribution is 2.82. The molecule has 32 heavy (non-hydrogen) atoms. The lowest BCUT2D eigenvalue weighted by atomic mass is 9.43. The normalized spacial score (nSPS) is 48.1. The predicted octanol–water partition coefficient (Wildman–Crippen LogP) is 5.49. The third kappa shape index (κ3) is 2.49. The molecule has 1 N–H and O–H groups in total. The molecule has 0 aromatic rings. The summed E-state index contributed by atoms with van der Waals surface area (Å²) in [6.45, 7) is 8.97. The largest absolute Gasteiger partial charge is 0.481 e. The Morgan fingerprint density at radius 3 is 2.69 bits per heavy atom. The summed E-state index contributed by atoms with van der Waals surface area (Å²) < 4.78 is 0. The molecule has 4 saturated carbocycles. The zero-order chi connectivity index (χ0) is 22.9. The standard InChI is InChI=1S/C27H39NO4/c1-16(2)22-11-19-12-25(14-29)21-10-9-17(3)20(21)13-26(19,27(22,25)24(30)31)15-32-28-23-8-6-5-7-18(23)4/h11,14,16-21H,5-10,12-13,15H2,1-4H3,(H,30,31)/b28-23+/t17?,18?,19?,20-,21?,25?,26?,27?/m1/s1. The zero-order valence-corrected chi connectivity index (χ0v) is 20.1. The molecule has 4 bridgehead atoms. The van der Waals surface area contributed by atoms with Crippen molar-refractivity contribution in [2.75, 3.05) is 6.61 Å². The second-order valence-corrected chi connectivity index (χ2v) is 12.0. The van der Waals surface area contributed by atoms with Crippen LogP contribution in [0.2, 0.25) is 0 Å². The number of fused-ring (bicyclic) bond motifs is 2. The van der Waals surface area contributed by atoms with Crippen LogP contribution >= 0.6 is 0 Å². The summed E-state index contributed by atoms with van der Waals surface area (Å²) >= 11 is 0. The molecular formula is C27H39NO4. The first-order valence-electron chi connectivity index (χ1n) is 12.9. The maximum Gasteiger partial charge on any atom is 0.315 e. The number of oxime groups is 1. The Morgan fingerprint density at radius 2 is 2.03 bits per heavy atom. The molecule has 5 aliphatic carbocycles. The number of carbonyl (C=O) groups is 2. The molecule has 0 saturated heterocycles. The summed E-state index contributed by atoms with van der Waals surface area (Å²) in [4.78, 5) is 32.5. The number of aliphatic carboxylic acids is 1. The fraction of sp³-hybridized carbons (Fsp3) is 0.815. The number of carboxylic acids is 1. The maximum atomic E-state index is 13.4. The van der Waals surface area contributed by atoms with Crippen molar-refractivity contribution >= 4 is 18.0 Å². The monoisotopic (exact) mass is 441 g/mol. The van der Waals surface area contributed by atoms with E-state index in [1.54, 1.807) is 0 Å². The molecule has 5 heteroatoms. The molecule has 0 aliphatic heterocycles.